The van der Waals surface area contributed by atoms with E-state index in [1.165, 1.54) is 27.8 Å². The van der Waals surface area contributed by atoms with E-state index in [1.54, 1.807) is 48.5 Å². The van der Waals surface area contributed by atoms with Crippen molar-refractivity contribution >= 4 is 35.1 Å². The Kier molecular flexibility index (Phi) is 7.23. The quantitative estimate of drug-likeness (QED) is 0.358. The topological polar surface area (TPSA) is 135 Å². The highest BCUT2D eigenvalue weighted by Crippen LogP contribution is 2.28. The number of carbonyl (C=O) groups excluding carboxylic acids is 2. The van der Waals surface area contributed by atoms with Gasteiger partial charge >= 0.3 is 5.97 Å². The lowest BCUT2D eigenvalue weighted by Crippen LogP contribution is -2.31. The molecule has 0 spiro atoms. The molecule has 0 fully saturated rings. The van der Waals surface area contributed by atoms with Crippen molar-refractivity contribution in [2.75, 3.05) is 6.61 Å². The molecule has 2 heterocycles. The molecule has 2 aromatic heterocycles. The van der Waals surface area contributed by atoms with E-state index in [4.69, 9.17) is 33.7 Å². The van der Waals surface area contributed by atoms with Gasteiger partial charge in [0.05, 0.1) is 41.9 Å². The number of nitrogens with zero attached hydrogens (tertiary/aromatic N) is 5. The maximum atomic E-state index is 13.0. The number of primary amides is 1. The first kappa shape index (κ1) is 24.1. The third kappa shape index (κ3) is 5.73. The Labute approximate surface area is 208 Å². The van der Waals surface area contributed by atoms with Gasteiger partial charge in [-0.3, -0.25) is 14.2 Å². The number of halogens is 2. The van der Waals surface area contributed by atoms with Gasteiger partial charge in [0.15, 0.2) is 5.15 Å². The van der Waals surface area contributed by atoms with Crippen molar-refractivity contribution in [2.45, 2.75) is 12.5 Å². The molecule has 10 nitrogen and oxygen atoms in total. The van der Waals surface area contributed by atoms with E-state index in [9.17, 15) is 14.4 Å². The standard InChI is InChI=1S/C23H18Cl2N6O4/c24-15-6-7-19(31-11-20(25)28-29-31)17(8-15)18-10-22(33)30(13-27-18)16(9-21(26)32)12-35-23(34)14-4-2-1-3-5-14/h1-8,10-11,13,16H,9,12H2,(H2,26,32)/t16-/m0/s1. The van der Waals surface area contributed by atoms with Crippen molar-refractivity contribution in [1.29, 1.82) is 0 Å². The fraction of sp³-hybridized carbons (Fsp3) is 0.130. The van der Waals surface area contributed by atoms with Gasteiger partial charge in [0.25, 0.3) is 5.56 Å². The second kappa shape index (κ2) is 10.5. The summed E-state index contributed by atoms with van der Waals surface area (Å²) in [5.41, 5.74) is 6.57. The van der Waals surface area contributed by atoms with Crippen LogP contribution in [0.5, 0.6) is 0 Å². The Morgan fingerprint density at radius 2 is 1.86 bits per heavy atom. The predicted octanol–water partition coefficient (Wildman–Crippen LogP) is 3.07. The van der Waals surface area contributed by atoms with Crippen LogP contribution in [0.15, 0.2) is 71.9 Å². The average Bonchev–Trinajstić information content (AvgIpc) is 3.28. The van der Waals surface area contributed by atoms with Gasteiger partial charge in [-0.05, 0) is 30.3 Å². The first-order chi connectivity index (χ1) is 16.8. The van der Waals surface area contributed by atoms with Gasteiger partial charge in [0.1, 0.15) is 6.61 Å². The smallest absolute Gasteiger partial charge is 0.338 e. The van der Waals surface area contributed by atoms with Crippen LogP contribution in [0, 0.1) is 0 Å². The molecule has 0 saturated carbocycles. The van der Waals surface area contributed by atoms with E-state index in [1.807, 2.05) is 0 Å². The molecule has 0 radical (unpaired) electrons. The van der Waals surface area contributed by atoms with Crippen molar-refractivity contribution in [1.82, 2.24) is 24.5 Å². The minimum Gasteiger partial charge on any atom is -0.460 e. The van der Waals surface area contributed by atoms with Crippen molar-refractivity contribution < 1.29 is 14.3 Å². The second-order valence-electron chi connectivity index (χ2n) is 7.46. The summed E-state index contributed by atoms with van der Waals surface area (Å²) in [6.07, 6.45) is 2.53. The summed E-state index contributed by atoms with van der Waals surface area (Å²) >= 11 is 12.1. The summed E-state index contributed by atoms with van der Waals surface area (Å²) in [5, 5.41) is 8.32. The van der Waals surface area contributed by atoms with Crippen LogP contribution in [-0.2, 0) is 9.53 Å². The van der Waals surface area contributed by atoms with Gasteiger partial charge in [0.2, 0.25) is 5.91 Å². The number of amides is 1. The molecule has 2 aromatic carbocycles. The number of benzene rings is 2. The van der Waals surface area contributed by atoms with E-state index in [0.29, 0.717) is 27.5 Å². The van der Waals surface area contributed by atoms with E-state index >= 15 is 0 Å². The minimum absolute atomic E-state index is 0.189. The third-order valence-electron chi connectivity index (χ3n) is 5.03. The lowest BCUT2D eigenvalue weighted by molar-refractivity contribution is -0.119. The highest BCUT2D eigenvalue weighted by Gasteiger charge is 2.20. The second-order valence-corrected chi connectivity index (χ2v) is 8.28. The highest BCUT2D eigenvalue weighted by molar-refractivity contribution is 6.31. The molecule has 0 unspecified atom stereocenters. The van der Waals surface area contributed by atoms with E-state index < -0.39 is 23.5 Å². The largest absolute Gasteiger partial charge is 0.460 e. The zero-order valence-electron chi connectivity index (χ0n) is 18.0. The highest BCUT2D eigenvalue weighted by atomic mass is 35.5. The lowest BCUT2D eigenvalue weighted by Gasteiger charge is -2.19. The first-order valence-electron chi connectivity index (χ1n) is 10.3. The molecule has 0 bridgehead atoms. The fourth-order valence-electron chi connectivity index (χ4n) is 3.41. The normalized spacial score (nSPS) is 11.7. The number of hydrogen-bond acceptors (Lipinski definition) is 7. The van der Waals surface area contributed by atoms with Gasteiger partial charge in [-0.15, -0.1) is 5.10 Å². The van der Waals surface area contributed by atoms with Crippen molar-refractivity contribution in [3.63, 3.8) is 0 Å². The van der Waals surface area contributed by atoms with Crippen LogP contribution in [0.25, 0.3) is 16.9 Å². The third-order valence-corrected chi connectivity index (χ3v) is 5.44. The van der Waals surface area contributed by atoms with Crippen LogP contribution < -0.4 is 11.3 Å². The number of hydrogen-bond donors (Lipinski definition) is 1. The molecule has 35 heavy (non-hydrogen) atoms. The molecule has 1 amide bonds. The first-order valence-corrected chi connectivity index (χ1v) is 11.0. The Morgan fingerprint density at radius 1 is 1.09 bits per heavy atom. The SMILES string of the molecule is NC(=O)C[C@@H](COC(=O)c1ccccc1)n1cnc(-c2cc(Cl)ccc2-n2cc(Cl)nn2)cc1=O. The lowest BCUT2D eigenvalue weighted by atomic mass is 10.1. The molecule has 4 aromatic rings. The Bertz CT molecular complexity index is 1440. The van der Waals surface area contributed by atoms with Crippen LogP contribution >= 0.6 is 23.2 Å². The zero-order valence-corrected chi connectivity index (χ0v) is 19.6. The molecule has 4 rings (SSSR count). The minimum atomic E-state index is -0.845. The maximum Gasteiger partial charge on any atom is 0.338 e. The van der Waals surface area contributed by atoms with Gasteiger partial charge in [-0.1, -0.05) is 46.6 Å². The number of carbonyl (C=O) groups is 2. The van der Waals surface area contributed by atoms with Crippen molar-refractivity contribution in [3.8, 4) is 16.9 Å². The monoisotopic (exact) mass is 512 g/mol. The molecule has 0 aliphatic heterocycles. The van der Waals surface area contributed by atoms with Gasteiger partial charge in [0, 0.05) is 16.7 Å². The molecule has 0 aliphatic rings. The van der Waals surface area contributed by atoms with Gasteiger partial charge < -0.3 is 10.5 Å². The Morgan fingerprint density at radius 3 is 2.51 bits per heavy atom. The zero-order chi connectivity index (χ0) is 24.9. The molecule has 178 valence electrons. The van der Waals surface area contributed by atoms with E-state index in [2.05, 4.69) is 15.3 Å². The predicted molar refractivity (Wildman–Crippen MR) is 128 cm³/mol. The van der Waals surface area contributed by atoms with Gasteiger partial charge in [-0.2, -0.15) is 0 Å². The summed E-state index contributed by atoms with van der Waals surface area (Å²) in [4.78, 5) is 41.4. The summed E-state index contributed by atoms with van der Waals surface area (Å²) in [5.74, 6) is -1.25. The number of esters is 1. The summed E-state index contributed by atoms with van der Waals surface area (Å²) in [6, 6.07) is 13.8. The Balaban J connectivity index is 1.64. The van der Waals surface area contributed by atoms with E-state index in [0.717, 1.165) is 0 Å². The molecule has 12 heteroatoms. The van der Waals surface area contributed by atoms with Crippen molar-refractivity contribution in [2.24, 2.45) is 5.73 Å². The molecule has 2 N–H and O–H groups in total. The number of rotatable bonds is 8. The fourth-order valence-corrected chi connectivity index (χ4v) is 3.70. The summed E-state index contributed by atoms with van der Waals surface area (Å²) in [6.45, 7) is -0.253. The van der Waals surface area contributed by atoms with Crippen LogP contribution in [0.1, 0.15) is 22.8 Å². The Hall–Kier alpha value is -4.02. The maximum absolute atomic E-state index is 13.0. The van der Waals surface area contributed by atoms with Crippen LogP contribution in [0.3, 0.4) is 0 Å². The van der Waals surface area contributed by atoms with Crippen LogP contribution in [0.2, 0.25) is 10.2 Å². The number of aromatic nitrogens is 5. The summed E-state index contributed by atoms with van der Waals surface area (Å²) < 4.78 is 7.96. The van der Waals surface area contributed by atoms with E-state index in [-0.39, 0.29) is 18.2 Å². The molecular formula is C23H18Cl2N6O4. The number of ether oxygens (including phenoxy) is 1. The molecule has 0 aliphatic carbocycles. The van der Waals surface area contributed by atoms with Crippen LogP contribution in [0.4, 0.5) is 0 Å². The molecular weight excluding hydrogens is 495 g/mol. The number of nitrogens with two attached hydrogens (primary N) is 1. The molecule has 1 atom stereocenters. The van der Waals surface area contributed by atoms with Crippen LogP contribution in [-0.4, -0.2) is 43.0 Å². The molecule has 0 saturated heterocycles. The summed E-state index contributed by atoms with van der Waals surface area (Å²) in [7, 11) is 0. The van der Waals surface area contributed by atoms with Gasteiger partial charge in [-0.25, -0.2) is 14.5 Å². The average molecular weight is 513 g/mol. The van der Waals surface area contributed by atoms with Crippen molar-refractivity contribution in [3.05, 3.63) is 93.2 Å².